The maximum absolute atomic E-state index is 13.1. The lowest BCUT2D eigenvalue weighted by Crippen LogP contribution is -2.11. The molecule has 0 aliphatic rings. The van der Waals surface area contributed by atoms with Crippen LogP contribution in [-0.4, -0.2) is 15.0 Å². The number of hydrogen-bond acceptors (Lipinski definition) is 2. The second kappa shape index (κ2) is 5.37. The lowest BCUT2D eigenvalue weighted by Gasteiger charge is -2.11. The van der Waals surface area contributed by atoms with Gasteiger partial charge in [-0.15, -0.1) is 0 Å². The summed E-state index contributed by atoms with van der Waals surface area (Å²) in [7, 11) is 0. The van der Waals surface area contributed by atoms with E-state index in [4.69, 9.17) is 11.6 Å². The molecule has 0 saturated heterocycles. The zero-order valence-corrected chi connectivity index (χ0v) is 12.2. The van der Waals surface area contributed by atoms with E-state index in [1.54, 1.807) is 0 Å². The third-order valence-corrected chi connectivity index (χ3v) is 3.51. The molecule has 1 N–H and O–H groups in total. The van der Waals surface area contributed by atoms with Crippen molar-refractivity contribution in [3.63, 3.8) is 0 Å². The molecule has 0 bridgehead atoms. The first-order valence-electron chi connectivity index (χ1n) is 6.36. The standard InChI is InChI=1S/C14H6ClF6N3/c15-8-2-1-3-22-11(8)12-23-9-5-6(13(16,17)18)4-7(10(9)24-12)14(19,20)21/h1-5H,(H,23,24). The van der Waals surface area contributed by atoms with Crippen LogP contribution in [0, 0.1) is 0 Å². The van der Waals surface area contributed by atoms with Gasteiger partial charge in [-0.2, -0.15) is 26.3 Å². The van der Waals surface area contributed by atoms with E-state index in [1.807, 2.05) is 0 Å². The minimum Gasteiger partial charge on any atom is -0.337 e. The molecule has 0 atom stereocenters. The lowest BCUT2D eigenvalue weighted by molar-refractivity contribution is -0.142. The topological polar surface area (TPSA) is 41.6 Å². The Morgan fingerprint density at radius 2 is 1.71 bits per heavy atom. The zero-order valence-electron chi connectivity index (χ0n) is 11.4. The highest BCUT2D eigenvalue weighted by molar-refractivity contribution is 6.32. The molecule has 0 saturated carbocycles. The summed E-state index contributed by atoms with van der Waals surface area (Å²) in [5, 5.41) is 0.0983. The van der Waals surface area contributed by atoms with Crippen LogP contribution in [0.2, 0.25) is 5.02 Å². The number of imidazole rings is 1. The van der Waals surface area contributed by atoms with Crippen molar-refractivity contribution in [2.24, 2.45) is 0 Å². The first-order chi connectivity index (χ1) is 11.1. The van der Waals surface area contributed by atoms with E-state index in [0.717, 1.165) is 0 Å². The van der Waals surface area contributed by atoms with Crippen molar-refractivity contribution in [3.8, 4) is 11.5 Å². The summed E-state index contributed by atoms with van der Waals surface area (Å²) in [6, 6.07) is 3.53. The number of pyridine rings is 1. The number of nitrogens with zero attached hydrogens (tertiary/aromatic N) is 2. The second-order valence-corrected chi connectivity index (χ2v) is 5.24. The smallest absolute Gasteiger partial charge is 0.337 e. The predicted molar refractivity (Wildman–Crippen MR) is 74.3 cm³/mol. The van der Waals surface area contributed by atoms with Crippen molar-refractivity contribution in [2.75, 3.05) is 0 Å². The van der Waals surface area contributed by atoms with Gasteiger partial charge in [0.1, 0.15) is 11.2 Å². The quantitative estimate of drug-likeness (QED) is 0.593. The number of fused-ring (bicyclic) bond motifs is 1. The summed E-state index contributed by atoms with van der Waals surface area (Å²) in [5.41, 5.74) is -3.91. The van der Waals surface area contributed by atoms with Crippen LogP contribution in [0.25, 0.3) is 22.6 Å². The summed E-state index contributed by atoms with van der Waals surface area (Å²) in [6.45, 7) is 0. The van der Waals surface area contributed by atoms with E-state index in [-0.39, 0.29) is 22.6 Å². The highest BCUT2D eigenvalue weighted by Crippen LogP contribution is 2.40. The molecule has 0 unspecified atom stereocenters. The first-order valence-corrected chi connectivity index (χ1v) is 6.74. The second-order valence-electron chi connectivity index (χ2n) is 4.83. The third-order valence-electron chi connectivity index (χ3n) is 3.20. The van der Waals surface area contributed by atoms with Gasteiger partial charge in [0.25, 0.3) is 0 Å². The van der Waals surface area contributed by atoms with Crippen LogP contribution in [0.5, 0.6) is 0 Å². The van der Waals surface area contributed by atoms with Gasteiger partial charge in [0.05, 0.1) is 21.7 Å². The number of nitrogens with one attached hydrogen (secondary N) is 1. The molecule has 126 valence electrons. The maximum Gasteiger partial charge on any atom is 0.418 e. The van der Waals surface area contributed by atoms with Crippen molar-refractivity contribution in [1.29, 1.82) is 0 Å². The molecule has 0 aliphatic carbocycles. The fraction of sp³-hybridized carbons (Fsp3) is 0.143. The summed E-state index contributed by atoms with van der Waals surface area (Å²) in [4.78, 5) is 10.0. The number of alkyl halides is 6. The fourth-order valence-electron chi connectivity index (χ4n) is 2.17. The minimum atomic E-state index is -5.00. The van der Waals surface area contributed by atoms with Gasteiger partial charge in [-0.1, -0.05) is 11.6 Å². The Kier molecular flexibility index (Phi) is 3.71. The Labute approximate surface area is 135 Å². The molecule has 0 spiro atoms. The molecule has 0 radical (unpaired) electrons. The molecule has 2 aromatic heterocycles. The van der Waals surface area contributed by atoms with Crippen molar-refractivity contribution >= 4 is 22.6 Å². The van der Waals surface area contributed by atoms with Crippen LogP contribution < -0.4 is 0 Å². The van der Waals surface area contributed by atoms with Crippen LogP contribution in [0.15, 0.2) is 30.5 Å². The summed E-state index contributed by atoms with van der Waals surface area (Å²) < 4.78 is 77.9. The molecule has 0 aliphatic heterocycles. The van der Waals surface area contributed by atoms with Gasteiger partial charge in [-0.05, 0) is 24.3 Å². The third kappa shape index (κ3) is 2.91. The molecule has 0 fully saturated rings. The van der Waals surface area contributed by atoms with Crippen molar-refractivity contribution in [3.05, 3.63) is 46.6 Å². The number of halogens is 7. The van der Waals surface area contributed by atoms with E-state index in [9.17, 15) is 26.3 Å². The van der Waals surface area contributed by atoms with E-state index in [0.29, 0.717) is 6.07 Å². The van der Waals surface area contributed by atoms with Gasteiger partial charge in [0, 0.05) is 6.20 Å². The monoisotopic (exact) mass is 365 g/mol. The molecular formula is C14H6ClF6N3. The predicted octanol–water partition coefficient (Wildman–Crippen LogP) is 5.32. The van der Waals surface area contributed by atoms with Gasteiger partial charge in [0.2, 0.25) is 0 Å². The number of aromatic amines is 1. The summed E-state index contributed by atoms with van der Waals surface area (Å²) >= 11 is 5.90. The number of hydrogen-bond donors (Lipinski definition) is 1. The summed E-state index contributed by atoms with van der Waals surface area (Å²) in [6.07, 6.45) is -8.60. The van der Waals surface area contributed by atoms with Crippen LogP contribution in [-0.2, 0) is 12.4 Å². The van der Waals surface area contributed by atoms with E-state index >= 15 is 0 Å². The number of aromatic nitrogens is 3. The van der Waals surface area contributed by atoms with Crippen molar-refractivity contribution < 1.29 is 26.3 Å². The average molecular weight is 366 g/mol. The average Bonchev–Trinajstić information content (AvgIpc) is 2.88. The molecule has 10 heteroatoms. The molecule has 3 nitrogen and oxygen atoms in total. The van der Waals surface area contributed by atoms with Gasteiger partial charge in [-0.3, -0.25) is 4.98 Å². The van der Waals surface area contributed by atoms with Crippen LogP contribution in [0.3, 0.4) is 0 Å². The van der Waals surface area contributed by atoms with Crippen LogP contribution in [0.4, 0.5) is 26.3 Å². The normalized spacial score (nSPS) is 12.8. The van der Waals surface area contributed by atoms with Gasteiger partial charge in [0.15, 0.2) is 5.82 Å². The Morgan fingerprint density at radius 1 is 1.00 bits per heavy atom. The van der Waals surface area contributed by atoms with Gasteiger partial charge in [-0.25, -0.2) is 4.98 Å². The highest BCUT2D eigenvalue weighted by atomic mass is 35.5. The largest absolute Gasteiger partial charge is 0.418 e. The molecule has 3 rings (SSSR count). The fourth-order valence-corrected chi connectivity index (χ4v) is 2.38. The van der Waals surface area contributed by atoms with Gasteiger partial charge >= 0.3 is 12.4 Å². The Morgan fingerprint density at radius 3 is 2.29 bits per heavy atom. The zero-order chi connectivity index (χ0) is 17.7. The lowest BCUT2D eigenvalue weighted by atomic mass is 10.1. The Bertz CT molecular complexity index is 913. The molecule has 24 heavy (non-hydrogen) atoms. The van der Waals surface area contributed by atoms with Crippen molar-refractivity contribution in [2.45, 2.75) is 12.4 Å². The number of rotatable bonds is 1. The molecular weight excluding hydrogens is 360 g/mol. The Balaban J connectivity index is 2.31. The van der Waals surface area contributed by atoms with Crippen molar-refractivity contribution in [1.82, 2.24) is 15.0 Å². The number of benzene rings is 1. The van der Waals surface area contributed by atoms with E-state index in [2.05, 4.69) is 15.0 Å². The first kappa shape index (κ1) is 16.6. The molecule has 3 aromatic rings. The highest BCUT2D eigenvalue weighted by Gasteiger charge is 2.39. The molecule has 1 aromatic carbocycles. The van der Waals surface area contributed by atoms with Crippen LogP contribution >= 0.6 is 11.6 Å². The molecule has 0 amide bonds. The van der Waals surface area contributed by atoms with E-state index in [1.165, 1.54) is 18.3 Å². The molecule has 2 heterocycles. The maximum atomic E-state index is 13.1. The number of H-pyrrole nitrogens is 1. The van der Waals surface area contributed by atoms with Crippen LogP contribution in [0.1, 0.15) is 11.1 Å². The Hall–Kier alpha value is -2.29. The van der Waals surface area contributed by atoms with Gasteiger partial charge < -0.3 is 4.98 Å². The van der Waals surface area contributed by atoms with E-state index < -0.39 is 34.5 Å². The summed E-state index contributed by atoms with van der Waals surface area (Å²) in [5.74, 6) is -0.152. The SMILES string of the molecule is FC(F)(F)c1cc(C(F)(F)F)c2nc(-c3ncccc3Cl)[nH]c2c1. The minimum absolute atomic E-state index is 0.0347.